The number of anilines is 1. The van der Waals surface area contributed by atoms with Crippen LogP contribution in [0.3, 0.4) is 0 Å². The summed E-state index contributed by atoms with van der Waals surface area (Å²) in [6.45, 7) is 3.15. The quantitative estimate of drug-likeness (QED) is 0.378. The molecule has 3 aromatic rings. The molecular weight excluding hydrogens is 448 g/mol. The second kappa shape index (κ2) is 10.6. The lowest BCUT2D eigenvalue weighted by Crippen LogP contribution is -2.50. The van der Waals surface area contributed by atoms with E-state index in [0.29, 0.717) is 50.2 Å². The van der Waals surface area contributed by atoms with E-state index in [1.807, 2.05) is 41.4 Å². The fraction of sp³-hybridized carbons (Fsp3) is 0.480. The van der Waals surface area contributed by atoms with E-state index < -0.39 is 12.7 Å². The number of aliphatic hydroxyl groups is 2. The Morgan fingerprint density at radius 1 is 1.20 bits per heavy atom. The molecule has 186 valence electrons. The van der Waals surface area contributed by atoms with Gasteiger partial charge in [0.25, 0.3) is 0 Å². The minimum Gasteiger partial charge on any atom is -0.473 e. The van der Waals surface area contributed by atoms with Gasteiger partial charge in [-0.05, 0) is 24.9 Å². The highest BCUT2D eigenvalue weighted by molar-refractivity contribution is 6.01. The van der Waals surface area contributed by atoms with Crippen molar-refractivity contribution in [2.75, 3.05) is 50.8 Å². The number of piperazine rings is 1. The number of aliphatic hydroxyl groups excluding tert-OH is 2. The maximum Gasteiger partial charge on any atom is 0.244 e. The Bertz CT molecular complexity index is 1140. The number of carbonyl (C=O) groups excluding carboxylic acids is 1. The van der Waals surface area contributed by atoms with Crippen molar-refractivity contribution in [3.8, 4) is 17.0 Å². The van der Waals surface area contributed by atoms with Gasteiger partial charge in [0.1, 0.15) is 18.1 Å². The molecule has 2 aliphatic rings. The van der Waals surface area contributed by atoms with Gasteiger partial charge in [0.15, 0.2) is 5.65 Å². The van der Waals surface area contributed by atoms with E-state index in [9.17, 15) is 15.0 Å². The number of ether oxygens (including phenoxy) is 1. The van der Waals surface area contributed by atoms with Crippen LogP contribution in [-0.2, 0) is 4.79 Å². The maximum atomic E-state index is 12.9. The highest BCUT2D eigenvalue weighted by Gasteiger charge is 2.28. The first-order valence-electron chi connectivity index (χ1n) is 12.2. The zero-order valence-electron chi connectivity index (χ0n) is 19.7. The third-order valence-electron chi connectivity index (χ3n) is 6.77. The molecule has 4 heterocycles. The van der Waals surface area contributed by atoms with Crippen LogP contribution in [0.2, 0.25) is 0 Å². The second-order valence-electron chi connectivity index (χ2n) is 9.15. The van der Waals surface area contributed by atoms with Crippen molar-refractivity contribution in [3.63, 3.8) is 0 Å². The van der Waals surface area contributed by atoms with Gasteiger partial charge in [-0.2, -0.15) is 0 Å². The Morgan fingerprint density at radius 2 is 2.00 bits per heavy atom. The Hall–Kier alpha value is -3.21. The minimum atomic E-state index is -1.00. The summed E-state index contributed by atoms with van der Waals surface area (Å²) in [4.78, 5) is 21.7. The van der Waals surface area contributed by atoms with Gasteiger partial charge in [-0.3, -0.25) is 9.89 Å². The van der Waals surface area contributed by atoms with Crippen molar-refractivity contribution in [1.82, 2.24) is 25.4 Å². The fourth-order valence-corrected chi connectivity index (χ4v) is 4.89. The van der Waals surface area contributed by atoms with Crippen LogP contribution in [0.1, 0.15) is 19.3 Å². The molecule has 35 heavy (non-hydrogen) atoms. The van der Waals surface area contributed by atoms with Gasteiger partial charge in [0.2, 0.25) is 11.8 Å². The molecule has 10 nitrogen and oxygen atoms in total. The highest BCUT2D eigenvalue weighted by Crippen LogP contribution is 2.40. The summed E-state index contributed by atoms with van der Waals surface area (Å²) in [5.74, 6) is 0.538. The van der Waals surface area contributed by atoms with Crippen molar-refractivity contribution in [3.05, 3.63) is 36.5 Å². The molecule has 1 amide bonds. The molecule has 0 aliphatic carbocycles. The lowest BCUT2D eigenvalue weighted by Gasteiger charge is -2.37. The largest absolute Gasteiger partial charge is 0.473 e. The monoisotopic (exact) mass is 480 g/mol. The number of aromatic nitrogens is 3. The summed E-state index contributed by atoms with van der Waals surface area (Å²) in [7, 11) is 0. The molecule has 0 radical (unpaired) electrons. The molecule has 0 spiro atoms. The van der Waals surface area contributed by atoms with Gasteiger partial charge >= 0.3 is 0 Å². The van der Waals surface area contributed by atoms with Crippen LogP contribution in [0.5, 0.6) is 5.88 Å². The summed E-state index contributed by atoms with van der Waals surface area (Å²) < 4.78 is 5.78. The molecule has 1 aromatic carbocycles. The molecule has 2 aromatic heterocycles. The van der Waals surface area contributed by atoms with Crippen LogP contribution in [0.25, 0.3) is 22.2 Å². The van der Waals surface area contributed by atoms with Crippen molar-refractivity contribution in [2.45, 2.75) is 31.4 Å². The third kappa shape index (κ3) is 5.09. The van der Waals surface area contributed by atoms with Gasteiger partial charge in [0, 0.05) is 50.4 Å². The number of pyridine rings is 1. The highest BCUT2D eigenvalue weighted by atomic mass is 16.5. The van der Waals surface area contributed by atoms with E-state index in [0.717, 1.165) is 41.6 Å². The van der Waals surface area contributed by atoms with E-state index in [1.165, 1.54) is 0 Å². The topological polar surface area (TPSA) is 127 Å². The number of amides is 1. The van der Waals surface area contributed by atoms with Crippen molar-refractivity contribution in [2.24, 2.45) is 0 Å². The molecule has 2 aliphatic heterocycles. The van der Waals surface area contributed by atoms with Crippen LogP contribution >= 0.6 is 0 Å². The van der Waals surface area contributed by atoms with Crippen LogP contribution in [0.15, 0.2) is 36.5 Å². The standard InChI is InChI=1S/C25H32N6O4/c32-15-19(33)16-35-25-22-23(20(14-27-24(22)28-29-25)17-5-2-1-3-6-17)31-11-9-30(10-12-31)21(34)13-18-7-4-8-26-18/h1-3,5-6,14,18-19,26,32-33H,4,7-13,15-16H2,(H,27,28,29)/t18?,19-/m1/s1. The van der Waals surface area contributed by atoms with E-state index >= 15 is 0 Å². The molecular formula is C25H32N6O4. The molecule has 4 N–H and O–H groups in total. The number of nitrogens with one attached hydrogen (secondary N) is 2. The number of benzene rings is 1. The number of hydrogen-bond donors (Lipinski definition) is 4. The van der Waals surface area contributed by atoms with Crippen LogP contribution < -0.4 is 15.0 Å². The predicted molar refractivity (Wildman–Crippen MR) is 132 cm³/mol. The number of hydrogen-bond acceptors (Lipinski definition) is 8. The molecule has 5 rings (SSSR count). The molecule has 0 bridgehead atoms. The molecule has 2 atom stereocenters. The predicted octanol–water partition coefficient (Wildman–Crippen LogP) is 1.15. The fourth-order valence-electron chi connectivity index (χ4n) is 4.89. The molecule has 2 fully saturated rings. The van der Waals surface area contributed by atoms with E-state index in [4.69, 9.17) is 4.74 Å². The lowest BCUT2D eigenvalue weighted by atomic mass is 10.0. The Balaban J connectivity index is 1.43. The number of rotatable bonds is 8. The summed E-state index contributed by atoms with van der Waals surface area (Å²) in [6, 6.07) is 10.3. The van der Waals surface area contributed by atoms with Gasteiger partial charge in [-0.15, -0.1) is 5.10 Å². The third-order valence-corrected chi connectivity index (χ3v) is 6.77. The van der Waals surface area contributed by atoms with Crippen molar-refractivity contribution in [1.29, 1.82) is 0 Å². The average Bonchev–Trinajstić information content (AvgIpc) is 3.57. The number of fused-ring (bicyclic) bond motifs is 1. The van der Waals surface area contributed by atoms with Gasteiger partial charge in [0.05, 0.1) is 12.3 Å². The van der Waals surface area contributed by atoms with E-state index in [2.05, 4.69) is 25.4 Å². The van der Waals surface area contributed by atoms with Crippen LogP contribution in [-0.4, -0.2) is 94.3 Å². The van der Waals surface area contributed by atoms with Crippen LogP contribution in [0, 0.1) is 0 Å². The SMILES string of the molecule is O=C(CC1CCCN1)N1CCN(c2c(-c3ccccc3)cnc3[nH]nc(OC[C@H](O)CO)c23)CC1. The first-order valence-corrected chi connectivity index (χ1v) is 12.2. The Kier molecular flexibility index (Phi) is 7.12. The Morgan fingerprint density at radius 3 is 2.71 bits per heavy atom. The maximum absolute atomic E-state index is 12.9. The minimum absolute atomic E-state index is 0.0804. The number of carbonyl (C=O) groups is 1. The van der Waals surface area contributed by atoms with E-state index in [-0.39, 0.29) is 12.5 Å². The summed E-state index contributed by atoms with van der Waals surface area (Å²) in [5.41, 5.74) is 3.49. The second-order valence-corrected chi connectivity index (χ2v) is 9.15. The summed E-state index contributed by atoms with van der Waals surface area (Å²) >= 11 is 0. The van der Waals surface area contributed by atoms with Gasteiger partial charge < -0.3 is 30.1 Å². The molecule has 1 unspecified atom stereocenters. The average molecular weight is 481 g/mol. The summed E-state index contributed by atoms with van der Waals surface area (Å²) in [5, 5.41) is 30.3. The zero-order valence-corrected chi connectivity index (χ0v) is 19.7. The number of H-pyrrole nitrogens is 1. The molecule has 10 heteroatoms. The van der Waals surface area contributed by atoms with Gasteiger partial charge in [-0.1, -0.05) is 30.3 Å². The number of nitrogens with zero attached hydrogens (tertiary/aromatic N) is 4. The first kappa shape index (κ1) is 23.5. The smallest absolute Gasteiger partial charge is 0.244 e. The lowest BCUT2D eigenvalue weighted by molar-refractivity contribution is -0.131. The van der Waals surface area contributed by atoms with Crippen molar-refractivity contribution < 1.29 is 19.7 Å². The molecule has 2 saturated heterocycles. The number of aromatic amines is 1. The summed E-state index contributed by atoms with van der Waals surface area (Å²) in [6.07, 6.45) is 3.59. The van der Waals surface area contributed by atoms with E-state index in [1.54, 1.807) is 0 Å². The zero-order chi connectivity index (χ0) is 24.2. The van der Waals surface area contributed by atoms with Gasteiger partial charge in [-0.25, -0.2) is 4.98 Å². The Labute approximate surface area is 203 Å². The first-order chi connectivity index (χ1) is 17.1. The molecule has 0 saturated carbocycles. The van der Waals surface area contributed by atoms with Crippen LogP contribution in [0.4, 0.5) is 5.69 Å². The normalized spacial score (nSPS) is 19.3. The van der Waals surface area contributed by atoms with Crippen molar-refractivity contribution >= 4 is 22.6 Å².